The number of ether oxygens (including phenoxy) is 1. The molecule has 0 unspecified atom stereocenters. The van der Waals surface area contributed by atoms with E-state index < -0.39 is 0 Å². The number of carbonyl (C=O) groups is 1. The summed E-state index contributed by atoms with van der Waals surface area (Å²) < 4.78 is 19.0. The summed E-state index contributed by atoms with van der Waals surface area (Å²) in [5.41, 5.74) is 0.848. The molecule has 1 heterocycles. The zero-order valence-electron chi connectivity index (χ0n) is 11.6. The second-order valence-electron chi connectivity index (χ2n) is 4.64. The summed E-state index contributed by atoms with van der Waals surface area (Å²) in [5.74, 6) is 0.187. The molecular weight excluding hydrogens is 261 g/mol. The molecule has 1 saturated heterocycles. The maximum absolute atomic E-state index is 13.5. The average Bonchev–Trinajstić information content (AvgIpc) is 2.82. The van der Waals surface area contributed by atoms with Gasteiger partial charge in [-0.1, -0.05) is 6.92 Å². The number of urea groups is 1. The Labute approximate surface area is 118 Å². The molecule has 0 aromatic heterocycles. The van der Waals surface area contributed by atoms with Crippen LogP contribution in [-0.4, -0.2) is 43.7 Å². The molecule has 2 rings (SSSR count). The number of nitrogens with one attached hydrogen (secondary N) is 2. The molecule has 0 atom stereocenters. The smallest absolute Gasteiger partial charge is 0.317 e. The molecule has 0 radical (unpaired) electrons. The zero-order chi connectivity index (χ0) is 14.4. The number of halogens is 1. The quantitative estimate of drug-likeness (QED) is 0.793. The Kier molecular flexibility index (Phi) is 5.17. The Morgan fingerprint density at radius 2 is 2.30 bits per heavy atom. The third kappa shape index (κ3) is 4.09. The lowest BCUT2D eigenvalue weighted by atomic mass is 10.2. The second kappa shape index (κ2) is 7.09. The van der Waals surface area contributed by atoms with E-state index in [1.54, 1.807) is 4.90 Å². The van der Waals surface area contributed by atoms with E-state index in [9.17, 15) is 9.18 Å². The highest BCUT2D eigenvalue weighted by molar-refractivity contribution is 5.76. The lowest BCUT2D eigenvalue weighted by Crippen LogP contribution is -2.31. The van der Waals surface area contributed by atoms with Gasteiger partial charge >= 0.3 is 6.03 Å². The molecule has 1 aliphatic heterocycles. The first kappa shape index (κ1) is 14.6. The Morgan fingerprint density at radius 3 is 3.00 bits per heavy atom. The van der Waals surface area contributed by atoms with E-state index >= 15 is 0 Å². The van der Waals surface area contributed by atoms with Crippen LogP contribution in [0.5, 0.6) is 5.75 Å². The molecule has 1 aromatic rings. The summed E-state index contributed by atoms with van der Waals surface area (Å²) in [6.07, 6.45) is 0. The van der Waals surface area contributed by atoms with Crippen LogP contribution in [0.25, 0.3) is 0 Å². The highest BCUT2D eigenvalue weighted by atomic mass is 19.1. The Hall–Kier alpha value is -1.82. The fourth-order valence-corrected chi connectivity index (χ4v) is 2.07. The highest BCUT2D eigenvalue weighted by Gasteiger charge is 2.18. The van der Waals surface area contributed by atoms with Crippen molar-refractivity contribution in [2.24, 2.45) is 0 Å². The molecule has 1 fully saturated rings. The van der Waals surface area contributed by atoms with Crippen LogP contribution < -0.4 is 15.4 Å². The normalized spacial score (nSPS) is 14.5. The molecule has 1 aliphatic rings. The third-order valence-electron chi connectivity index (χ3n) is 3.09. The fourth-order valence-electron chi connectivity index (χ4n) is 2.07. The number of benzene rings is 1. The van der Waals surface area contributed by atoms with Gasteiger partial charge in [0.05, 0.1) is 6.54 Å². The minimum absolute atomic E-state index is 0.0688. The summed E-state index contributed by atoms with van der Waals surface area (Å²) in [6, 6.07) is 4.60. The predicted octanol–water partition coefficient (Wildman–Crippen LogP) is 1.34. The van der Waals surface area contributed by atoms with Crippen molar-refractivity contribution in [2.75, 3.05) is 32.8 Å². The van der Waals surface area contributed by atoms with Crippen LogP contribution in [0.2, 0.25) is 0 Å². The predicted molar refractivity (Wildman–Crippen MR) is 74.2 cm³/mol. The van der Waals surface area contributed by atoms with Crippen LogP contribution in [0.3, 0.4) is 0 Å². The van der Waals surface area contributed by atoms with Crippen molar-refractivity contribution in [1.29, 1.82) is 0 Å². The molecule has 110 valence electrons. The van der Waals surface area contributed by atoms with Crippen LogP contribution in [-0.2, 0) is 6.54 Å². The van der Waals surface area contributed by atoms with E-state index in [1.165, 1.54) is 12.1 Å². The van der Waals surface area contributed by atoms with Crippen molar-refractivity contribution in [3.05, 3.63) is 29.6 Å². The van der Waals surface area contributed by atoms with Crippen molar-refractivity contribution in [2.45, 2.75) is 13.5 Å². The van der Waals surface area contributed by atoms with Gasteiger partial charge in [0.1, 0.15) is 18.2 Å². The van der Waals surface area contributed by atoms with Gasteiger partial charge in [-0.25, -0.2) is 9.18 Å². The van der Waals surface area contributed by atoms with E-state index in [-0.39, 0.29) is 11.8 Å². The highest BCUT2D eigenvalue weighted by Crippen LogP contribution is 2.16. The van der Waals surface area contributed by atoms with E-state index in [0.29, 0.717) is 38.5 Å². The van der Waals surface area contributed by atoms with Crippen molar-refractivity contribution < 1.29 is 13.9 Å². The van der Waals surface area contributed by atoms with Gasteiger partial charge in [0.15, 0.2) is 0 Å². The maximum Gasteiger partial charge on any atom is 0.317 e. The monoisotopic (exact) mass is 281 g/mol. The first-order chi connectivity index (χ1) is 9.69. The molecule has 0 saturated carbocycles. The molecular formula is C14H20FN3O2. The van der Waals surface area contributed by atoms with Crippen molar-refractivity contribution in [3.63, 3.8) is 0 Å². The molecule has 20 heavy (non-hydrogen) atoms. The van der Waals surface area contributed by atoms with Crippen LogP contribution in [0.15, 0.2) is 18.2 Å². The first-order valence-corrected chi connectivity index (χ1v) is 6.85. The molecule has 6 heteroatoms. The average molecular weight is 281 g/mol. The zero-order valence-corrected chi connectivity index (χ0v) is 11.6. The number of rotatable bonds is 7. The molecule has 2 N–H and O–H groups in total. The SMILES string of the molecule is CCNCc1cc(F)cc(OCCN2CCNC2=O)c1. The maximum atomic E-state index is 13.5. The van der Waals surface area contributed by atoms with Gasteiger partial charge < -0.3 is 20.3 Å². The number of nitrogens with zero attached hydrogens (tertiary/aromatic N) is 1. The Balaban J connectivity index is 1.85. The fraction of sp³-hybridized carbons (Fsp3) is 0.500. The van der Waals surface area contributed by atoms with E-state index in [1.807, 2.05) is 13.0 Å². The van der Waals surface area contributed by atoms with Gasteiger partial charge in [0.2, 0.25) is 0 Å². The van der Waals surface area contributed by atoms with E-state index in [4.69, 9.17) is 4.74 Å². The summed E-state index contributed by atoms with van der Waals surface area (Å²) in [4.78, 5) is 13.0. The lowest BCUT2D eigenvalue weighted by molar-refractivity contribution is 0.202. The standard InChI is InChI=1S/C14H20FN3O2/c1-2-16-10-11-7-12(15)9-13(8-11)20-6-5-18-4-3-17-14(18)19/h7-9,16H,2-6,10H2,1H3,(H,17,19). The van der Waals surface area contributed by atoms with Crippen molar-refractivity contribution >= 4 is 6.03 Å². The van der Waals surface area contributed by atoms with Gasteiger partial charge in [-0.2, -0.15) is 0 Å². The summed E-state index contributed by atoms with van der Waals surface area (Å²) in [5, 5.41) is 5.87. The van der Waals surface area contributed by atoms with Crippen LogP contribution in [0.1, 0.15) is 12.5 Å². The van der Waals surface area contributed by atoms with Crippen molar-refractivity contribution in [3.8, 4) is 5.75 Å². The second-order valence-corrected chi connectivity index (χ2v) is 4.64. The summed E-state index contributed by atoms with van der Waals surface area (Å²) in [6.45, 7) is 5.67. The summed E-state index contributed by atoms with van der Waals surface area (Å²) in [7, 11) is 0. The topological polar surface area (TPSA) is 53.6 Å². The van der Waals surface area contributed by atoms with Gasteiger partial charge in [-0.3, -0.25) is 0 Å². The Morgan fingerprint density at radius 1 is 1.45 bits per heavy atom. The van der Waals surface area contributed by atoms with Gasteiger partial charge in [-0.15, -0.1) is 0 Å². The molecule has 0 aliphatic carbocycles. The Bertz CT molecular complexity index is 468. The molecule has 0 bridgehead atoms. The third-order valence-corrected chi connectivity index (χ3v) is 3.09. The van der Waals surface area contributed by atoms with Crippen LogP contribution in [0, 0.1) is 5.82 Å². The van der Waals surface area contributed by atoms with Gasteiger partial charge in [0.25, 0.3) is 0 Å². The van der Waals surface area contributed by atoms with Gasteiger partial charge in [-0.05, 0) is 24.2 Å². The number of carbonyl (C=O) groups excluding carboxylic acids is 1. The molecule has 0 spiro atoms. The van der Waals surface area contributed by atoms with Crippen LogP contribution >= 0.6 is 0 Å². The van der Waals surface area contributed by atoms with E-state index in [0.717, 1.165) is 12.1 Å². The number of amides is 2. The summed E-state index contributed by atoms with van der Waals surface area (Å²) >= 11 is 0. The van der Waals surface area contributed by atoms with Crippen LogP contribution in [0.4, 0.5) is 9.18 Å². The molecule has 1 aromatic carbocycles. The van der Waals surface area contributed by atoms with Crippen molar-refractivity contribution in [1.82, 2.24) is 15.5 Å². The minimum Gasteiger partial charge on any atom is -0.492 e. The largest absolute Gasteiger partial charge is 0.492 e. The van der Waals surface area contributed by atoms with Gasteiger partial charge in [0, 0.05) is 25.7 Å². The number of hydrogen-bond donors (Lipinski definition) is 2. The first-order valence-electron chi connectivity index (χ1n) is 6.85. The molecule has 2 amide bonds. The minimum atomic E-state index is -0.311. The lowest BCUT2D eigenvalue weighted by Gasteiger charge is -2.15. The molecule has 5 nitrogen and oxygen atoms in total. The number of hydrogen-bond acceptors (Lipinski definition) is 3. The van der Waals surface area contributed by atoms with E-state index in [2.05, 4.69) is 10.6 Å².